The maximum absolute atomic E-state index is 9.46. The topological polar surface area (TPSA) is 29.5 Å². The lowest BCUT2D eigenvalue weighted by atomic mass is 10.1. The van der Waals surface area contributed by atoms with Gasteiger partial charge in [-0.25, -0.2) is 0 Å². The quantitative estimate of drug-likeness (QED) is 0.657. The lowest BCUT2D eigenvalue weighted by Gasteiger charge is -2.19. The van der Waals surface area contributed by atoms with Crippen LogP contribution in [0.2, 0.25) is 0 Å². The van der Waals surface area contributed by atoms with Crippen LogP contribution in [-0.2, 0) is 4.74 Å². The predicted molar refractivity (Wildman–Crippen MR) is 63.6 cm³/mol. The molecule has 3 atom stereocenters. The molecule has 0 aliphatic rings. The molecule has 0 saturated heterocycles. The Morgan fingerprint density at radius 3 is 2.33 bits per heavy atom. The molecule has 0 heterocycles. The van der Waals surface area contributed by atoms with Gasteiger partial charge >= 0.3 is 0 Å². The van der Waals surface area contributed by atoms with Crippen LogP contribution < -0.4 is 0 Å². The van der Waals surface area contributed by atoms with Crippen molar-refractivity contribution in [1.29, 1.82) is 0 Å². The highest BCUT2D eigenvalue weighted by atomic mass is 16.5. The summed E-state index contributed by atoms with van der Waals surface area (Å²) in [5, 5.41) is 9.46. The molecule has 15 heavy (non-hydrogen) atoms. The molecule has 0 aliphatic heterocycles. The molecule has 0 aromatic rings. The Hall–Kier alpha value is -0.520. The third-order valence-corrected chi connectivity index (χ3v) is 2.49. The van der Waals surface area contributed by atoms with Gasteiger partial charge in [-0.15, -0.1) is 5.92 Å². The van der Waals surface area contributed by atoms with E-state index in [1.165, 1.54) is 0 Å². The zero-order valence-electron chi connectivity index (χ0n) is 10.4. The van der Waals surface area contributed by atoms with Crippen LogP contribution >= 0.6 is 0 Å². The predicted octanol–water partition coefficient (Wildman–Crippen LogP) is 2.74. The fraction of sp³-hybridized carbons (Fsp3) is 0.846. The molecule has 0 aromatic carbocycles. The molecule has 1 N–H and O–H groups in total. The van der Waals surface area contributed by atoms with Crippen LogP contribution in [0.15, 0.2) is 0 Å². The van der Waals surface area contributed by atoms with Crippen molar-refractivity contribution in [2.45, 2.75) is 71.7 Å². The van der Waals surface area contributed by atoms with Gasteiger partial charge in [0.15, 0.2) is 0 Å². The van der Waals surface area contributed by atoms with Crippen LogP contribution in [0.5, 0.6) is 0 Å². The van der Waals surface area contributed by atoms with Crippen molar-refractivity contribution in [3.8, 4) is 11.8 Å². The van der Waals surface area contributed by atoms with Crippen LogP contribution in [0.1, 0.15) is 53.4 Å². The molecule has 2 nitrogen and oxygen atoms in total. The highest BCUT2D eigenvalue weighted by Gasteiger charge is 2.11. The first-order valence-electron chi connectivity index (χ1n) is 5.89. The maximum Gasteiger partial charge on any atom is 0.115 e. The first-order valence-corrected chi connectivity index (χ1v) is 5.89. The third-order valence-electron chi connectivity index (χ3n) is 2.49. The van der Waals surface area contributed by atoms with Crippen molar-refractivity contribution in [3.63, 3.8) is 0 Å². The van der Waals surface area contributed by atoms with E-state index in [2.05, 4.69) is 18.8 Å². The van der Waals surface area contributed by atoms with E-state index in [1.807, 2.05) is 20.8 Å². The van der Waals surface area contributed by atoms with Crippen molar-refractivity contribution in [2.24, 2.45) is 0 Å². The molecular formula is C13H24O2. The molecule has 0 amide bonds. The van der Waals surface area contributed by atoms with Gasteiger partial charge in [-0.1, -0.05) is 19.8 Å². The lowest BCUT2D eigenvalue weighted by Crippen LogP contribution is -2.20. The van der Waals surface area contributed by atoms with E-state index in [0.717, 1.165) is 25.7 Å². The largest absolute Gasteiger partial charge is 0.393 e. The molecule has 3 unspecified atom stereocenters. The van der Waals surface area contributed by atoms with Gasteiger partial charge in [0.05, 0.1) is 12.2 Å². The second-order valence-corrected chi connectivity index (χ2v) is 3.84. The number of aliphatic hydroxyl groups excluding tert-OH is 1. The third kappa shape index (κ3) is 7.41. The number of hydrogen-bond acceptors (Lipinski definition) is 2. The van der Waals surface area contributed by atoms with Crippen molar-refractivity contribution >= 4 is 0 Å². The maximum atomic E-state index is 9.46. The average Bonchev–Trinajstić information content (AvgIpc) is 2.23. The van der Waals surface area contributed by atoms with Gasteiger partial charge in [-0.3, -0.25) is 0 Å². The van der Waals surface area contributed by atoms with E-state index in [0.29, 0.717) is 0 Å². The van der Waals surface area contributed by atoms with Crippen LogP contribution in [-0.4, -0.2) is 23.4 Å². The summed E-state index contributed by atoms with van der Waals surface area (Å²) in [6.07, 6.45) is 3.58. The highest BCUT2D eigenvalue weighted by molar-refractivity contribution is 5.00. The average molecular weight is 212 g/mol. The smallest absolute Gasteiger partial charge is 0.115 e. The second-order valence-electron chi connectivity index (χ2n) is 3.84. The Morgan fingerprint density at radius 1 is 1.20 bits per heavy atom. The Bertz CT molecular complexity index is 202. The van der Waals surface area contributed by atoms with Crippen LogP contribution in [0.4, 0.5) is 0 Å². The van der Waals surface area contributed by atoms with Crippen LogP contribution in [0.25, 0.3) is 0 Å². The molecule has 0 saturated carbocycles. The molecule has 0 fully saturated rings. The fourth-order valence-electron chi connectivity index (χ4n) is 1.48. The fourth-order valence-corrected chi connectivity index (χ4v) is 1.48. The van der Waals surface area contributed by atoms with Gasteiger partial charge < -0.3 is 9.84 Å². The highest BCUT2D eigenvalue weighted by Crippen LogP contribution is 2.12. The molecule has 0 aliphatic carbocycles. The van der Waals surface area contributed by atoms with Crippen molar-refractivity contribution in [3.05, 3.63) is 0 Å². The van der Waals surface area contributed by atoms with E-state index < -0.39 is 0 Å². The number of ether oxygens (including phenoxy) is 1. The summed E-state index contributed by atoms with van der Waals surface area (Å²) in [5.74, 6) is 5.83. The standard InChI is InChI=1S/C13H24O2/c1-5-8-11(4)15-13(7-3)10-9-12(14)6-2/h11-14H,6-7,9-10H2,1-4H3. The van der Waals surface area contributed by atoms with E-state index >= 15 is 0 Å². The van der Waals surface area contributed by atoms with Crippen molar-refractivity contribution in [1.82, 2.24) is 0 Å². The van der Waals surface area contributed by atoms with E-state index in [1.54, 1.807) is 0 Å². The molecule has 0 radical (unpaired) electrons. The SMILES string of the molecule is CC#CC(C)OC(CC)CCC(O)CC. The molecular weight excluding hydrogens is 188 g/mol. The van der Waals surface area contributed by atoms with E-state index in [4.69, 9.17) is 4.74 Å². The van der Waals surface area contributed by atoms with Crippen molar-refractivity contribution in [2.75, 3.05) is 0 Å². The van der Waals surface area contributed by atoms with Gasteiger partial charge in [-0.05, 0) is 39.5 Å². The Kier molecular flexibility index (Phi) is 8.46. The number of rotatable bonds is 7. The van der Waals surface area contributed by atoms with E-state index in [9.17, 15) is 5.11 Å². The summed E-state index contributed by atoms with van der Waals surface area (Å²) >= 11 is 0. The first kappa shape index (κ1) is 14.5. The second kappa shape index (κ2) is 8.76. The Balaban J connectivity index is 3.85. The summed E-state index contributed by atoms with van der Waals surface area (Å²) in [6.45, 7) is 7.89. The summed E-state index contributed by atoms with van der Waals surface area (Å²) in [7, 11) is 0. The minimum absolute atomic E-state index is 0.00119. The molecule has 0 rings (SSSR count). The van der Waals surface area contributed by atoms with Gasteiger partial charge in [0.25, 0.3) is 0 Å². The van der Waals surface area contributed by atoms with Crippen molar-refractivity contribution < 1.29 is 9.84 Å². The lowest BCUT2D eigenvalue weighted by molar-refractivity contribution is 0.0104. The summed E-state index contributed by atoms with van der Waals surface area (Å²) < 4.78 is 5.75. The molecule has 0 spiro atoms. The van der Waals surface area contributed by atoms with Gasteiger partial charge in [-0.2, -0.15) is 0 Å². The molecule has 0 aromatic heterocycles. The molecule has 2 heteroatoms. The Morgan fingerprint density at radius 2 is 1.87 bits per heavy atom. The monoisotopic (exact) mass is 212 g/mol. The van der Waals surface area contributed by atoms with Crippen LogP contribution in [0, 0.1) is 11.8 Å². The summed E-state index contributed by atoms with van der Waals surface area (Å²) in [4.78, 5) is 0. The number of aliphatic hydroxyl groups is 1. The molecule has 88 valence electrons. The first-order chi connectivity index (χ1) is 7.13. The summed E-state index contributed by atoms with van der Waals surface area (Å²) in [5.41, 5.74) is 0. The van der Waals surface area contributed by atoms with Crippen LogP contribution in [0.3, 0.4) is 0 Å². The van der Waals surface area contributed by atoms with Gasteiger partial charge in [0.1, 0.15) is 6.10 Å². The minimum Gasteiger partial charge on any atom is -0.393 e. The van der Waals surface area contributed by atoms with E-state index in [-0.39, 0.29) is 18.3 Å². The number of hydrogen-bond donors (Lipinski definition) is 1. The van der Waals surface area contributed by atoms with Gasteiger partial charge in [0.2, 0.25) is 0 Å². The zero-order valence-corrected chi connectivity index (χ0v) is 10.4. The molecule has 0 bridgehead atoms. The Labute approximate surface area is 94.0 Å². The van der Waals surface area contributed by atoms with Gasteiger partial charge in [0, 0.05) is 0 Å². The minimum atomic E-state index is -0.185. The summed E-state index contributed by atoms with van der Waals surface area (Å²) in [6, 6.07) is 0. The normalized spacial score (nSPS) is 16.3. The zero-order chi connectivity index (χ0) is 11.7.